The molecule has 0 aromatic heterocycles. The Morgan fingerprint density at radius 2 is 1.00 bits per heavy atom. The van der Waals surface area contributed by atoms with E-state index in [4.69, 9.17) is 29.4 Å². The first-order valence-corrected chi connectivity index (χ1v) is 24.7. The van der Waals surface area contributed by atoms with Gasteiger partial charge in [-0.2, -0.15) is 0 Å². The van der Waals surface area contributed by atoms with Crippen molar-refractivity contribution < 1.29 is 42.7 Å². The van der Waals surface area contributed by atoms with Crippen molar-refractivity contribution >= 4 is 19.8 Å². The van der Waals surface area contributed by atoms with Gasteiger partial charge >= 0.3 is 19.8 Å². The number of ether oxygens (including phenoxy) is 2. The average Bonchev–Trinajstić information content (AvgIpc) is 3.20. The Kier molecular flexibility index (Phi) is 41.5. The van der Waals surface area contributed by atoms with E-state index in [0.717, 1.165) is 77.0 Å². The van der Waals surface area contributed by atoms with E-state index in [1.54, 1.807) is 0 Å². The summed E-state index contributed by atoms with van der Waals surface area (Å²) in [6.45, 7) is 3.74. The fraction of sp³-hybridized carbons (Fsp3) is 0.787. The molecule has 0 saturated heterocycles. The second kappa shape index (κ2) is 43.0. The predicted octanol–water partition coefficient (Wildman–Crippen LogP) is 13.0. The lowest BCUT2D eigenvalue weighted by Gasteiger charge is -2.20. The van der Waals surface area contributed by atoms with Crippen molar-refractivity contribution in [2.75, 3.05) is 26.4 Å². The molecule has 0 aromatic rings. The number of carbonyl (C=O) groups is 2. The number of phosphoric acid groups is 1. The van der Waals surface area contributed by atoms with E-state index >= 15 is 0 Å². The molecule has 0 fully saturated rings. The summed E-state index contributed by atoms with van der Waals surface area (Å²) in [5, 5.41) is 8.91. The first-order valence-electron chi connectivity index (χ1n) is 23.2. The molecule has 338 valence electrons. The van der Waals surface area contributed by atoms with E-state index in [0.29, 0.717) is 13.0 Å². The highest BCUT2D eigenvalue weighted by Crippen LogP contribution is 2.43. The topological polar surface area (TPSA) is 155 Å². The number of carboxylic acids is 1. The molecule has 0 saturated carbocycles. The third kappa shape index (κ3) is 42.1. The number of hydrogen-bond acceptors (Lipinski definition) is 8. The van der Waals surface area contributed by atoms with Crippen LogP contribution in [0, 0.1) is 0 Å². The molecule has 11 heteroatoms. The maximum absolute atomic E-state index is 12.7. The number of carbonyl (C=O) groups excluding carboxylic acids is 1. The van der Waals surface area contributed by atoms with Gasteiger partial charge in [-0.05, 0) is 51.4 Å². The van der Waals surface area contributed by atoms with Crippen LogP contribution in [0.15, 0.2) is 48.6 Å². The summed E-state index contributed by atoms with van der Waals surface area (Å²) in [5.41, 5.74) is 5.36. The van der Waals surface area contributed by atoms with E-state index in [2.05, 4.69) is 62.5 Å². The van der Waals surface area contributed by atoms with Gasteiger partial charge in [0, 0.05) is 13.0 Å². The zero-order valence-electron chi connectivity index (χ0n) is 36.9. The summed E-state index contributed by atoms with van der Waals surface area (Å²) in [6, 6.07) is -1.48. The fourth-order valence-electron chi connectivity index (χ4n) is 6.30. The second-order valence-corrected chi connectivity index (χ2v) is 17.0. The smallest absolute Gasteiger partial charge is 0.472 e. The minimum absolute atomic E-state index is 0.00529. The molecule has 58 heavy (non-hydrogen) atoms. The average molecular weight is 840 g/mol. The van der Waals surface area contributed by atoms with Crippen LogP contribution in [0.1, 0.15) is 200 Å². The van der Waals surface area contributed by atoms with Crippen molar-refractivity contribution in [3.05, 3.63) is 48.6 Å². The molecular formula is C47H86NO9P. The van der Waals surface area contributed by atoms with Gasteiger partial charge in [0.15, 0.2) is 0 Å². The van der Waals surface area contributed by atoms with Gasteiger partial charge in [0.05, 0.1) is 19.8 Å². The lowest BCUT2D eigenvalue weighted by atomic mass is 10.0. The minimum atomic E-state index is -4.62. The van der Waals surface area contributed by atoms with Crippen molar-refractivity contribution in [1.82, 2.24) is 0 Å². The Labute approximate surface area is 354 Å². The fourth-order valence-corrected chi connectivity index (χ4v) is 7.08. The Hall–Kier alpha value is -2.07. The van der Waals surface area contributed by atoms with Gasteiger partial charge in [-0.1, -0.05) is 191 Å². The summed E-state index contributed by atoms with van der Waals surface area (Å²) in [7, 11) is -4.62. The molecule has 10 nitrogen and oxygen atoms in total. The lowest BCUT2D eigenvalue weighted by Crippen LogP contribution is -2.34. The molecule has 0 radical (unpaired) electrons. The number of rotatable bonds is 44. The zero-order chi connectivity index (χ0) is 42.6. The molecule has 0 rings (SSSR count). The lowest BCUT2D eigenvalue weighted by molar-refractivity contribution is -0.154. The van der Waals surface area contributed by atoms with Crippen LogP contribution in [0.2, 0.25) is 0 Å². The summed E-state index contributed by atoms with van der Waals surface area (Å²) in [5.74, 6) is -1.78. The Morgan fingerprint density at radius 1 is 0.569 bits per heavy atom. The number of phosphoric ester groups is 1. The van der Waals surface area contributed by atoms with Crippen molar-refractivity contribution in [2.24, 2.45) is 5.73 Å². The monoisotopic (exact) mass is 840 g/mol. The number of esters is 1. The third-order valence-corrected chi connectivity index (χ3v) is 10.8. The number of carboxylic acid groups (broad SMARTS) is 1. The first-order chi connectivity index (χ1) is 28.2. The summed E-state index contributed by atoms with van der Waals surface area (Å²) in [6.07, 6.45) is 50.2. The number of unbranched alkanes of at least 4 members (excludes halogenated alkanes) is 22. The molecule has 3 unspecified atom stereocenters. The number of nitrogens with two attached hydrogens (primary N) is 1. The van der Waals surface area contributed by atoms with Crippen LogP contribution < -0.4 is 5.73 Å². The largest absolute Gasteiger partial charge is 0.480 e. The van der Waals surface area contributed by atoms with Gasteiger partial charge in [-0.15, -0.1) is 0 Å². The Balaban J connectivity index is 4.22. The van der Waals surface area contributed by atoms with Gasteiger partial charge in [0.1, 0.15) is 12.1 Å². The van der Waals surface area contributed by atoms with Crippen LogP contribution in [-0.4, -0.2) is 60.5 Å². The third-order valence-electron chi connectivity index (χ3n) is 9.87. The maximum atomic E-state index is 12.7. The van der Waals surface area contributed by atoms with Gasteiger partial charge < -0.3 is 25.2 Å². The molecule has 0 amide bonds. The van der Waals surface area contributed by atoms with Gasteiger partial charge in [0.25, 0.3) is 0 Å². The molecule has 0 aliphatic rings. The van der Waals surface area contributed by atoms with Crippen LogP contribution >= 0.6 is 7.82 Å². The van der Waals surface area contributed by atoms with Crippen molar-refractivity contribution in [3.8, 4) is 0 Å². The van der Waals surface area contributed by atoms with Crippen LogP contribution in [0.25, 0.3) is 0 Å². The normalized spacial score (nSPS) is 14.3. The molecule has 0 aliphatic carbocycles. The van der Waals surface area contributed by atoms with Crippen LogP contribution in [0.4, 0.5) is 0 Å². The Morgan fingerprint density at radius 3 is 1.50 bits per heavy atom. The second-order valence-electron chi connectivity index (χ2n) is 15.5. The number of hydrogen-bond donors (Lipinski definition) is 3. The Bertz CT molecular complexity index is 1110. The van der Waals surface area contributed by atoms with Gasteiger partial charge in [-0.3, -0.25) is 18.6 Å². The van der Waals surface area contributed by atoms with Crippen LogP contribution in [0.3, 0.4) is 0 Å². The molecule has 0 aromatic carbocycles. The molecule has 0 bridgehead atoms. The van der Waals surface area contributed by atoms with E-state index in [-0.39, 0.29) is 13.0 Å². The molecular weight excluding hydrogens is 753 g/mol. The van der Waals surface area contributed by atoms with Gasteiger partial charge in [-0.25, -0.2) is 4.57 Å². The highest BCUT2D eigenvalue weighted by atomic mass is 31.2. The van der Waals surface area contributed by atoms with E-state index < -0.39 is 45.1 Å². The highest BCUT2D eigenvalue weighted by molar-refractivity contribution is 7.47. The van der Waals surface area contributed by atoms with Gasteiger partial charge in [0.2, 0.25) is 0 Å². The molecule has 3 atom stereocenters. The van der Waals surface area contributed by atoms with E-state index in [9.17, 15) is 19.0 Å². The summed E-state index contributed by atoms with van der Waals surface area (Å²) in [4.78, 5) is 33.6. The summed E-state index contributed by atoms with van der Waals surface area (Å²) >= 11 is 0. The molecule has 0 spiro atoms. The van der Waals surface area contributed by atoms with Crippen molar-refractivity contribution in [1.29, 1.82) is 0 Å². The standard InChI is InChI=1S/C47H86NO9P/c1-3-5-7-9-11-13-15-17-19-21-23-25-27-29-31-33-35-37-39-46(49)57-44(42-55-58(52,53)56-43-45(48)47(50)51)41-54-40-38-36-34-32-30-28-26-24-22-20-18-16-14-12-10-8-6-4-2/h6,8,12,14,18,20,24,26,44-45H,3-5,7,9-11,13,15-17,19,21-23,25,27-43,48H2,1-2H3,(H,50,51)(H,52,53)/b8-6-,14-12-,20-18-,26-24-. The molecule has 0 aliphatic heterocycles. The molecule has 4 N–H and O–H groups in total. The summed E-state index contributed by atoms with van der Waals surface area (Å²) < 4.78 is 33.4. The zero-order valence-corrected chi connectivity index (χ0v) is 37.8. The van der Waals surface area contributed by atoms with Crippen LogP contribution in [0.5, 0.6) is 0 Å². The van der Waals surface area contributed by atoms with Crippen LogP contribution in [-0.2, 0) is 32.7 Å². The van der Waals surface area contributed by atoms with E-state index in [1.165, 1.54) is 96.3 Å². The predicted molar refractivity (Wildman–Crippen MR) is 240 cm³/mol. The van der Waals surface area contributed by atoms with E-state index in [1.807, 2.05) is 0 Å². The maximum Gasteiger partial charge on any atom is 0.472 e. The number of aliphatic carboxylic acids is 1. The highest BCUT2D eigenvalue weighted by Gasteiger charge is 2.27. The first kappa shape index (κ1) is 55.9. The SMILES string of the molecule is CC/C=C\C/C=C\C/C=C\C/C=C\CCCCCCCOCC(COP(=O)(O)OCC(N)C(=O)O)OC(=O)CCCCCCCCCCCCCCCCCCCC. The number of allylic oxidation sites excluding steroid dienone is 8. The molecule has 0 heterocycles. The minimum Gasteiger partial charge on any atom is -0.480 e. The quantitative estimate of drug-likeness (QED) is 0.0234. The van der Waals surface area contributed by atoms with Crippen molar-refractivity contribution in [3.63, 3.8) is 0 Å². The van der Waals surface area contributed by atoms with Crippen molar-refractivity contribution in [2.45, 2.75) is 212 Å².